The number of fused-ring (bicyclic) bond motifs is 1. The number of benzene rings is 2. The van der Waals surface area contributed by atoms with Crippen molar-refractivity contribution in [2.75, 3.05) is 5.32 Å². The van der Waals surface area contributed by atoms with E-state index >= 15 is 0 Å². The fourth-order valence-corrected chi connectivity index (χ4v) is 2.65. The third-order valence-electron chi connectivity index (χ3n) is 3.79. The molecule has 1 aliphatic rings. The Labute approximate surface area is 124 Å². The molecule has 0 saturated heterocycles. The SMILES string of the molecule is C[C@@H](Oc1ccccc1)C(=O)Nc1ccc2c(c1)CCC2. The lowest BCUT2D eigenvalue weighted by Gasteiger charge is -2.15. The minimum absolute atomic E-state index is 0.128. The van der Waals surface area contributed by atoms with E-state index in [4.69, 9.17) is 4.74 Å². The molecule has 0 spiro atoms. The molecule has 1 atom stereocenters. The van der Waals surface area contributed by atoms with Gasteiger partial charge < -0.3 is 10.1 Å². The summed E-state index contributed by atoms with van der Waals surface area (Å²) < 4.78 is 5.63. The summed E-state index contributed by atoms with van der Waals surface area (Å²) in [5.41, 5.74) is 3.61. The highest BCUT2D eigenvalue weighted by atomic mass is 16.5. The summed E-state index contributed by atoms with van der Waals surface area (Å²) in [5, 5.41) is 2.93. The number of carbonyl (C=O) groups excluding carboxylic acids is 1. The van der Waals surface area contributed by atoms with E-state index in [1.54, 1.807) is 6.92 Å². The summed E-state index contributed by atoms with van der Waals surface area (Å²) in [5.74, 6) is 0.575. The van der Waals surface area contributed by atoms with Crippen LogP contribution in [-0.4, -0.2) is 12.0 Å². The highest BCUT2D eigenvalue weighted by Gasteiger charge is 2.16. The molecule has 2 aromatic rings. The maximum absolute atomic E-state index is 12.2. The first-order chi connectivity index (χ1) is 10.2. The molecule has 0 fully saturated rings. The summed E-state index contributed by atoms with van der Waals surface area (Å²) in [6.07, 6.45) is 2.94. The molecule has 3 heteroatoms. The Kier molecular flexibility index (Phi) is 3.91. The predicted molar refractivity (Wildman–Crippen MR) is 83.6 cm³/mol. The van der Waals surface area contributed by atoms with Crippen LogP contribution < -0.4 is 10.1 Å². The van der Waals surface area contributed by atoms with Gasteiger partial charge in [0.1, 0.15) is 5.75 Å². The maximum atomic E-state index is 12.2. The van der Waals surface area contributed by atoms with Gasteiger partial charge in [-0.2, -0.15) is 0 Å². The van der Waals surface area contributed by atoms with Crippen LogP contribution in [0.4, 0.5) is 5.69 Å². The van der Waals surface area contributed by atoms with E-state index in [2.05, 4.69) is 17.4 Å². The molecule has 0 aromatic heterocycles. The molecule has 3 rings (SSSR count). The van der Waals surface area contributed by atoms with Crippen LogP contribution >= 0.6 is 0 Å². The van der Waals surface area contributed by atoms with Crippen molar-refractivity contribution in [1.82, 2.24) is 0 Å². The van der Waals surface area contributed by atoms with Crippen molar-refractivity contribution in [3.8, 4) is 5.75 Å². The van der Waals surface area contributed by atoms with Gasteiger partial charge in [-0.25, -0.2) is 0 Å². The van der Waals surface area contributed by atoms with E-state index < -0.39 is 6.10 Å². The van der Waals surface area contributed by atoms with Gasteiger partial charge in [0, 0.05) is 5.69 Å². The lowest BCUT2D eigenvalue weighted by Crippen LogP contribution is -2.30. The molecule has 0 bridgehead atoms. The molecular weight excluding hydrogens is 262 g/mol. The molecule has 1 amide bonds. The minimum atomic E-state index is -0.527. The van der Waals surface area contributed by atoms with Gasteiger partial charge >= 0.3 is 0 Å². The standard InChI is InChI=1S/C18H19NO2/c1-13(21-17-8-3-2-4-9-17)18(20)19-16-11-10-14-6-5-7-15(14)12-16/h2-4,8-13H,5-7H2,1H3,(H,19,20)/t13-/m1/s1. The number of rotatable bonds is 4. The molecule has 2 aromatic carbocycles. The molecule has 1 N–H and O–H groups in total. The Morgan fingerprint density at radius 1 is 1.10 bits per heavy atom. The number of aryl methyl sites for hydroxylation is 2. The molecule has 0 saturated carbocycles. The number of hydrogen-bond donors (Lipinski definition) is 1. The van der Waals surface area contributed by atoms with Crippen molar-refractivity contribution in [1.29, 1.82) is 0 Å². The zero-order valence-corrected chi connectivity index (χ0v) is 12.1. The Balaban J connectivity index is 1.63. The maximum Gasteiger partial charge on any atom is 0.265 e. The van der Waals surface area contributed by atoms with Gasteiger partial charge in [0.15, 0.2) is 6.10 Å². The number of amides is 1. The van der Waals surface area contributed by atoms with Crippen LogP contribution in [-0.2, 0) is 17.6 Å². The zero-order valence-electron chi connectivity index (χ0n) is 12.1. The second-order valence-electron chi connectivity index (χ2n) is 5.40. The van der Waals surface area contributed by atoms with Gasteiger partial charge in [-0.1, -0.05) is 24.3 Å². The van der Waals surface area contributed by atoms with Gasteiger partial charge in [0.25, 0.3) is 5.91 Å². The van der Waals surface area contributed by atoms with Gasteiger partial charge in [-0.15, -0.1) is 0 Å². The Bertz CT molecular complexity index is 637. The highest BCUT2D eigenvalue weighted by Crippen LogP contribution is 2.25. The van der Waals surface area contributed by atoms with Crippen molar-refractivity contribution < 1.29 is 9.53 Å². The predicted octanol–water partition coefficient (Wildman–Crippen LogP) is 3.58. The monoisotopic (exact) mass is 281 g/mol. The second kappa shape index (κ2) is 6.00. The molecule has 3 nitrogen and oxygen atoms in total. The third-order valence-corrected chi connectivity index (χ3v) is 3.79. The molecule has 0 radical (unpaired) electrons. The quantitative estimate of drug-likeness (QED) is 0.930. The van der Waals surface area contributed by atoms with Crippen molar-refractivity contribution in [3.05, 3.63) is 59.7 Å². The topological polar surface area (TPSA) is 38.3 Å². The fraction of sp³-hybridized carbons (Fsp3) is 0.278. The lowest BCUT2D eigenvalue weighted by molar-refractivity contribution is -0.122. The van der Waals surface area contributed by atoms with Gasteiger partial charge in [0.05, 0.1) is 0 Å². The van der Waals surface area contributed by atoms with E-state index in [1.165, 1.54) is 17.5 Å². The summed E-state index contributed by atoms with van der Waals surface area (Å²) >= 11 is 0. The molecule has 0 aliphatic heterocycles. The van der Waals surface area contributed by atoms with Crippen molar-refractivity contribution in [2.45, 2.75) is 32.3 Å². The molecular formula is C18H19NO2. The Morgan fingerprint density at radius 2 is 1.86 bits per heavy atom. The summed E-state index contributed by atoms with van der Waals surface area (Å²) in [7, 11) is 0. The first-order valence-electron chi connectivity index (χ1n) is 7.37. The van der Waals surface area contributed by atoms with E-state index in [-0.39, 0.29) is 5.91 Å². The fourth-order valence-electron chi connectivity index (χ4n) is 2.65. The molecule has 0 heterocycles. The van der Waals surface area contributed by atoms with E-state index in [9.17, 15) is 4.79 Å². The molecule has 108 valence electrons. The van der Waals surface area contributed by atoms with Crippen LogP contribution in [0.2, 0.25) is 0 Å². The van der Waals surface area contributed by atoms with Gasteiger partial charge in [-0.05, 0) is 61.6 Å². The number of ether oxygens (including phenoxy) is 1. The van der Waals surface area contributed by atoms with Crippen LogP contribution in [0.25, 0.3) is 0 Å². The smallest absolute Gasteiger partial charge is 0.265 e. The molecule has 1 aliphatic carbocycles. The van der Waals surface area contributed by atoms with Crippen LogP contribution in [0.15, 0.2) is 48.5 Å². The first-order valence-corrected chi connectivity index (χ1v) is 7.37. The average molecular weight is 281 g/mol. The number of nitrogens with one attached hydrogen (secondary N) is 1. The number of carbonyl (C=O) groups is 1. The van der Waals surface area contributed by atoms with Crippen molar-refractivity contribution >= 4 is 11.6 Å². The van der Waals surface area contributed by atoms with Gasteiger partial charge in [0.2, 0.25) is 0 Å². The summed E-state index contributed by atoms with van der Waals surface area (Å²) in [4.78, 5) is 12.2. The van der Waals surface area contributed by atoms with Crippen LogP contribution in [0.5, 0.6) is 5.75 Å². The number of para-hydroxylation sites is 1. The minimum Gasteiger partial charge on any atom is -0.481 e. The van der Waals surface area contributed by atoms with Gasteiger partial charge in [-0.3, -0.25) is 4.79 Å². The van der Waals surface area contributed by atoms with Crippen molar-refractivity contribution in [2.24, 2.45) is 0 Å². The highest BCUT2D eigenvalue weighted by molar-refractivity contribution is 5.94. The van der Waals surface area contributed by atoms with Crippen molar-refractivity contribution in [3.63, 3.8) is 0 Å². The Morgan fingerprint density at radius 3 is 2.67 bits per heavy atom. The second-order valence-corrected chi connectivity index (χ2v) is 5.40. The zero-order chi connectivity index (χ0) is 14.7. The lowest BCUT2D eigenvalue weighted by atomic mass is 10.1. The number of anilines is 1. The first kappa shape index (κ1) is 13.7. The molecule has 21 heavy (non-hydrogen) atoms. The number of hydrogen-bond acceptors (Lipinski definition) is 2. The Hall–Kier alpha value is -2.29. The third kappa shape index (κ3) is 3.24. The van der Waals surface area contributed by atoms with E-state index in [0.29, 0.717) is 5.75 Å². The van der Waals surface area contributed by atoms with E-state index in [1.807, 2.05) is 36.4 Å². The largest absolute Gasteiger partial charge is 0.481 e. The average Bonchev–Trinajstić information content (AvgIpc) is 2.95. The van der Waals surface area contributed by atoms with Crippen LogP contribution in [0.3, 0.4) is 0 Å². The van der Waals surface area contributed by atoms with Crippen LogP contribution in [0.1, 0.15) is 24.5 Å². The summed E-state index contributed by atoms with van der Waals surface area (Å²) in [6, 6.07) is 15.6. The van der Waals surface area contributed by atoms with E-state index in [0.717, 1.165) is 18.5 Å². The summed E-state index contributed by atoms with van der Waals surface area (Å²) in [6.45, 7) is 1.76. The molecule has 0 unspecified atom stereocenters. The van der Waals surface area contributed by atoms with Crippen LogP contribution in [0, 0.1) is 0 Å². The normalized spacial score (nSPS) is 14.3.